The number of likely N-dealkylation sites (N-methyl/N-ethyl adjacent to an activating group) is 1. The van der Waals surface area contributed by atoms with Gasteiger partial charge in [-0.2, -0.15) is 0 Å². The smallest absolute Gasteiger partial charge is 0.322 e. The number of nitrogens with zero attached hydrogens (tertiary/aromatic N) is 6. The SMILES string of the molecule is Cc1nnc(Nc2nccc(-c3csc(-c4cccc(C5(O)CCN(C)C5=O)c4)n3)n2)o1. The molecule has 1 unspecified atom stereocenters. The molecule has 0 saturated carbocycles. The van der Waals surface area contributed by atoms with Crippen LogP contribution in [0.25, 0.3) is 22.0 Å². The quantitative estimate of drug-likeness (QED) is 0.472. The third-order valence-corrected chi connectivity index (χ3v) is 6.15. The van der Waals surface area contributed by atoms with Gasteiger partial charge in [0.25, 0.3) is 5.91 Å². The summed E-state index contributed by atoms with van der Waals surface area (Å²) >= 11 is 1.45. The third-order valence-electron chi connectivity index (χ3n) is 5.26. The minimum atomic E-state index is -1.49. The van der Waals surface area contributed by atoms with Crippen molar-refractivity contribution in [3.8, 4) is 22.0 Å². The molecule has 10 nitrogen and oxygen atoms in total. The number of hydrogen-bond donors (Lipinski definition) is 2. The summed E-state index contributed by atoms with van der Waals surface area (Å²) in [6.07, 6.45) is 1.98. The molecular formula is C21H19N7O3S. The highest BCUT2D eigenvalue weighted by atomic mass is 32.1. The van der Waals surface area contributed by atoms with Crippen LogP contribution >= 0.6 is 11.3 Å². The van der Waals surface area contributed by atoms with Crippen LogP contribution in [-0.4, -0.2) is 54.7 Å². The molecule has 1 aliphatic heterocycles. The van der Waals surface area contributed by atoms with Crippen molar-refractivity contribution in [1.29, 1.82) is 0 Å². The van der Waals surface area contributed by atoms with Crippen molar-refractivity contribution in [2.45, 2.75) is 18.9 Å². The molecule has 1 atom stereocenters. The number of aliphatic hydroxyl groups is 1. The number of carbonyl (C=O) groups excluding carboxylic acids is 1. The molecule has 0 bridgehead atoms. The van der Waals surface area contributed by atoms with Crippen molar-refractivity contribution in [1.82, 2.24) is 30.0 Å². The summed E-state index contributed by atoms with van der Waals surface area (Å²) in [4.78, 5) is 27.3. The van der Waals surface area contributed by atoms with Crippen LogP contribution in [-0.2, 0) is 10.4 Å². The Morgan fingerprint density at radius 2 is 2.09 bits per heavy atom. The van der Waals surface area contributed by atoms with Gasteiger partial charge in [0.2, 0.25) is 11.8 Å². The molecular weight excluding hydrogens is 430 g/mol. The Hall–Kier alpha value is -3.70. The standard InChI is InChI=1S/C21H19N7O3S/c1-12-26-27-20(31-12)25-19-22-8-6-15(24-19)16-11-32-17(23-16)13-4-3-5-14(10-13)21(30)7-9-28(2)18(21)29/h3-6,8,10-11,30H,7,9H2,1-2H3,(H,22,24,25,27). The molecule has 0 aliphatic carbocycles. The summed E-state index contributed by atoms with van der Waals surface area (Å²) in [5.74, 6) is 0.464. The van der Waals surface area contributed by atoms with E-state index in [-0.39, 0.29) is 11.9 Å². The van der Waals surface area contributed by atoms with Crippen LogP contribution in [0.4, 0.5) is 12.0 Å². The number of likely N-dealkylation sites (tertiary alicyclic amines) is 1. The van der Waals surface area contributed by atoms with Gasteiger partial charge in [-0.05, 0) is 17.7 Å². The van der Waals surface area contributed by atoms with Gasteiger partial charge in [-0.3, -0.25) is 10.1 Å². The molecule has 3 aromatic heterocycles. The Morgan fingerprint density at radius 3 is 2.84 bits per heavy atom. The third kappa shape index (κ3) is 3.61. The average Bonchev–Trinajstić information content (AvgIpc) is 3.52. The van der Waals surface area contributed by atoms with Crippen molar-refractivity contribution < 1.29 is 14.3 Å². The largest absolute Gasteiger partial charge is 0.408 e. The fourth-order valence-electron chi connectivity index (χ4n) is 3.56. The number of thiazole rings is 1. The van der Waals surface area contributed by atoms with Crippen LogP contribution in [0, 0.1) is 6.92 Å². The van der Waals surface area contributed by atoms with Gasteiger partial charge in [-0.25, -0.2) is 15.0 Å². The summed E-state index contributed by atoms with van der Waals surface area (Å²) in [5.41, 5.74) is 1.21. The van der Waals surface area contributed by atoms with Gasteiger partial charge in [0.15, 0.2) is 5.60 Å². The van der Waals surface area contributed by atoms with E-state index in [0.29, 0.717) is 41.8 Å². The lowest BCUT2D eigenvalue weighted by molar-refractivity contribution is -0.143. The lowest BCUT2D eigenvalue weighted by atomic mass is 9.91. The number of rotatable bonds is 5. The molecule has 1 aromatic carbocycles. The lowest BCUT2D eigenvalue weighted by Gasteiger charge is -2.21. The molecule has 162 valence electrons. The highest BCUT2D eigenvalue weighted by molar-refractivity contribution is 7.13. The first-order chi connectivity index (χ1) is 15.4. The summed E-state index contributed by atoms with van der Waals surface area (Å²) in [6, 6.07) is 9.30. The number of aryl methyl sites for hydroxylation is 1. The molecule has 4 aromatic rings. The van der Waals surface area contributed by atoms with E-state index in [4.69, 9.17) is 9.40 Å². The Kier molecular flexibility index (Phi) is 4.91. The van der Waals surface area contributed by atoms with Crippen LogP contribution in [0.1, 0.15) is 17.9 Å². The maximum atomic E-state index is 12.5. The highest BCUT2D eigenvalue weighted by Crippen LogP contribution is 2.36. The van der Waals surface area contributed by atoms with E-state index in [1.54, 1.807) is 37.2 Å². The van der Waals surface area contributed by atoms with Crippen LogP contribution in [0.5, 0.6) is 0 Å². The Morgan fingerprint density at radius 1 is 1.22 bits per heavy atom. The number of hydrogen-bond acceptors (Lipinski definition) is 10. The van der Waals surface area contributed by atoms with Gasteiger partial charge >= 0.3 is 6.01 Å². The normalized spacial score (nSPS) is 18.3. The number of benzene rings is 1. The molecule has 5 rings (SSSR count). The average molecular weight is 449 g/mol. The summed E-state index contributed by atoms with van der Waals surface area (Å²) < 4.78 is 5.30. The van der Waals surface area contributed by atoms with E-state index in [9.17, 15) is 9.90 Å². The number of amides is 1. The zero-order valence-corrected chi connectivity index (χ0v) is 18.1. The lowest BCUT2D eigenvalue weighted by Crippen LogP contribution is -2.36. The fourth-order valence-corrected chi connectivity index (χ4v) is 4.37. The minimum absolute atomic E-state index is 0.209. The van der Waals surface area contributed by atoms with Crippen molar-refractivity contribution in [2.75, 3.05) is 18.9 Å². The molecule has 11 heteroatoms. The highest BCUT2D eigenvalue weighted by Gasteiger charge is 2.45. The second kappa shape index (κ2) is 7.77. The first-order valence-corrected chi connectivity index (χ1v) is 10.8. The van der Waals surface area contributed by atoms with E-state index in [1.807, 2.05) is 23.6 Å². The topological polar surface area (TPSA) is 130 Å². The molecule has 1 saturated heterocycles. The molecule has 4 heterocycles. The Labute approximate surface area is 187 Å². The first kappa shape index (κ1) is 20.2. The van der Waals surface area contributed by atoms with E-state index in [1.165, 1.54) is 11.3 Å². The zero-order valence-electron chi connectivity index (χ0n) is 17.3. The monoisotopic (exact) mass is 449 g/mol. The van der Waals surface area contributed by atoms with Crippen molar-refractivity contribution in [3.05, 3.63) is 53.4 Å². The predicted octanol–water partition coefficient (Wildman–Crippen LogP) is 2.75. The van der Waals surface area contributed by atoms with Gasteiger partial charge in [0.1, 0.15) is 10.7 Å². The van der Waals surface area contributed by atoms with Crippen LogP contribution in [0.3, 0.4) is 0 Å². The van der Waals surface area contributed by atoms with Crippen LogP contribution in [0.2, 0.25) is 0 Å². The zero-order chi connectivity index (χ0) is 22.3. The molecule has 0 spiro atoms. The molecule has 32 heavy (non-hydrogen) atoms. The number of anilines is 2. The van der Waals surface area contributed by atoms with E-state index < -0.39 is 5.60 Å². The predicted molar refractivity (Wildman–Crippen MR) is 117 cm³/mol. The van der Waals surface area contributed by atoms with Gasteiger partial charge in [-0.1, -0.05) is 23.3 Å². The first-order valence-electron chi connectivity index (χ1n) is 9.87. The van der Waals surface area contributed by atoms with Crippen molar-refractivity contribution >= 4 is 29.2 Å². The summed E-state index contributed by atoms with van der Waals surface area (Å²) in [5, 5.41) is 24.1. The van der Waals surface area contributed by atoms with Crippen LogP contribution in [0.15, 0.2) is 46.3 Å². The molecule has 1 aliphatic rings. The second-order valence-electron chi connectivity index (χ2n) is 7.47. The van der Waals surface area contributed by atoms with Gasteiger partial charge in [0.05, 0.1) is 5.69 Å². The van der Waals surface area contributed by atoms with Gasteiger partial charge in [0, 0.05) is 44.1 Å². The van der Waals surface area contributed by atoms with E-state index in [2.05, 4.69) is 25.5 Å². The van der Waals surface area contributed by atoms with Crippen LogP contribution < -0.4 is 5.32 Å². The summed E-state index contributed by atoms with van der Waals surface area (Å²) in [7, 11) is 1.70. The second-order valence-corrected chi connectivity index (χ2v) is 8.33. The Bertz CT molecular complexity index is 1300. The molecule has 0 radical (unpaired) electrons. The summed E-state index contributed by atoms with van der Waals surface area (Å²) in [6.45, 7) is 2.22. The number of nitrogens with one attached hydrogen (secondary N) is 1. The van der Waals surface area contributed by atoms with Gasteiger partial charge < -0.3 is 14.4 Å². The Balaban J connectivity index is 1.41. The molecule has 1 amide bonds. The number of aromatic nitrogens is 5. The maximum Gasteiger partial charge on any atom is 0.322 e. The number of carbonyl (C=O) groups is 1. The van der Waals surface area contributed by atoms with E-state index in [0.717, 1.165) is 10.6 Å². The van der Waals surface area contributed by atoms with Crippen molar-refractivity contribution in [3.63, 3.8) is 0 Å². The maximum absolute atomic E-state index is 12.5. The van der Waals surface area contributed by atoms with Crippen molar-refractivity contribution in [2.24, 2.45) is 0 Å². The minimum Gasteiger partial charge on any atom is -0.408 e. The van der Waals surface area contributed by atoms with Gasteiger partial charge in [-0.15, -0.1) is 16.4 Å². The molecule has 1 fully saturated rings. The fraction of sp³-hybridized carbons (Fsp3) is 0.238. The van der Waals surface area contributed by atoms with E-state index >= 15 is 0 Å². The molecule has 2 N–H and O–H groups in total.